The molecule has 3 nitrogen and oxygen atoms in total. The molecule has 18 heavy (non-hydrogen) atoms. The second-order valence-corrected chi connectivity index (χ2v) is 5.22. The zero-order valence-electron chi connectivity index (χ0n) is 9.66. The third kappa shape index (κ3) is 2.52. The number of nitrogens with zero attached hydrogens (tertiary/aromatic N) is 1. The number of thiazole rings is 1. The van der Waals surface area contributed by atoms with Gasteiger partial charge in [-0.2, -0.15) is 0 Å². The van der Waals surface area contributed by atoms with Gasteiger partial charge in [0.15, 0.2) is 4.47 Å². The van der Waals surface area contributed by atoms with Crippen molar-refractivity contribution in [3.8, 4) is 5.75 Å². The van der Waals surface area contributed by atoms with Gasteiger partial charge in [0.2, 0.25) is 0 Å². The topological polar surface area (TPSA) is 39.2 Å². The molecule has 0 N–H and O–H groups in total. The molecule has 94 valence electrons. The van der Waals surface area contributed by atoms with Crippen molar-refractivity contribution in [2.24, 2.45) is 0 Å². The Hall–Kier alpha value is -1.46. The number of carbonyl (C=O) groups is 1. The van der Waals surface area contributed by atoms with Crippen LogP contribution in [-0.2, 0) is 0 Å². The normalized spacial score (nSPS) is 10.4. The smallest absolute Gasteiger partial charge is 0.355 e. The van der Waals surface area contributed by atoms with Crippen LogP contribution in [-0.4, -0.2) is 11.0 Å². The SMILES string of the molecule is Cc1nc(Cl)sc1C(=O)Oc1cccc(F)c1C. The molecule has 0 amide bonds. The fraction of sp³-hybridized carbons (Fsp3) is 0.167. The fourth-order valence-electron chi connectivity index (χ4n) is 1.40. The lowest BCUT2D eigenvalue weighted by molar-refractivity contribution is 0.0737. The van der Waals surface area contributed by atoms with Crippen molar-refractivity contribution < 1.29 is 13.9 Å². The lowest BCUT2D eigenvalue weighted by Gasteiger charge is -2.06. The first-order valence-corrected chi connectivity index (χ1v) is 6.28. The van der Waals surface area contributed by atoms with Gasteiger partial charge in [0.25, 0.3) is 0 Å². The summed E-state index contributed by atoms with van der Waals surface area (Å²) in [5, 5.41) is 0. The Morgan fingerprint density at radius 2 is 2.17 bits per heavy atom. The second-order valence-electron chi connectivity index (χ2n) is 3.63. The van der Waals surface area contributed by atoms with Crippen LogP contribution in [0.25, 0.3) is 0 Å². The summed E-state index contributed by atoms with van der Waals surface area (Å²) in [6.07, 6.45) is 0. The number of carbonyl (C=O) groups excluding carboxylic acids is 1. The number of halogens is 2. The number of rotatable bonds is 2. The number of benzene rings is 1. The maximum absolute atomic E-state index is 13.3. The summed E-state index contributed by atoms with van der Waals surface area (Å²) in [5.74, 6) is -0.797. The number of ether oxygens (including phenoxy) is 1. The lowest BCUT2D eigenvalue weighted by atomic mass is 10.2. The van der Waals surface area contributed by atoms with Crippen LogP contribution >= 0.6 is 22.9 Å². The van der Waals surface area contributed by atoms with Crippen LogP contribution < -0.4 is 4.74 Å². The van der Waals surface area contributed by atoms with Gasteiger partial charge in [0.1, 0.15) is 16.4 Å². The molecule has 0 saturated heterocycles. The molecule has 6 heteroatoms. The Kier molecular flexibility index (Phi) is 3.63. The highest BCUT2D eigenvalue weighted by molar-refractivity contribution is 7.17. The van der Waals surface area contributed by atoms with E-state index in [1.165, 1.54) is 18.2 Å². The number of aromatic nitrogens is 1. The Balaban J connectivity index is 2.27. The molecule has 0 fully saturated rings. The number of aryl methyl sites for hydroxylation is 1. The van der Waals surface area contributed by atoms with Crippen molar-refractivity contribution in [3.63, 3.8) is 0 Å². The van der Waals surface area contributed by atoms with Crippen LogP contribution in [0.1, 0.15) is 20.9 Å². The average Bonchev–Trinajstić information content (AvgIpc) is 2.64. The summed E-state index contributed by atoms with van der Waals surface area (Å²) in [6, 6.07) is 4.33. The van der Waals surface area contributed by atoms with Gasteiger partial charge in [-0.25, -0.2) is 14.2 Å². The zero-order chi connectivity index (χ0) is 13.3. The third-order valence-corrected chi connectivity index (χ3v) is 3.62. The van der Waals surface area contributed by atoms with Gasteiger partial charge < -0.3 is 4.74 Å². The highest BCUT2D eigenvalue weighted by Crippen LogP contribution is 2.26. The predicted molar refractivity (Wildman–Crippen MR) is 68.0 cm³/mol. The van der Waals surface area contributed by atoms with Gasteiger partial charge in [-0.3, -0.25) is 0 Å². The minimum Gasteiger partial charge on any atom is -0.422 e. The molecule has 0 radical (unpaired) electrons. The van der Waals surface area contributed by atoms with E-state index in [1.54, 1.807) is 13.8 Å². The first-order valence-electron chi connectivity index (χ1n) is 5.09. The molecule has 1 aromatic heterocycles. The van der Waals surface area contributed by atoms with Gasteiger partial charge in [0, 0.05) is 5.56 Å². The van der Waals surface area contributed by atoms with Gasteiger partial charge in [-0.1, -0.05) is 29.0 Å². The Bertz CT molecular complexity index is 612. The molecule has 2 rings (SSSR count). The number of hydrogen-bond acceptors (Lipinski definition) is 4. The Labute approximate surface area is 112 Å². The van der Waals surface area contributed by atoms with E-state index in [-0.39, 0.29) is 10.2 Å². The molecular formula is C12H9ClFNO2S. The molecule has 0 atom stereocenters. The van der Waals surface area contributed by atoms with E-state index in [0.717, 1.165) is 11.3 Å². The molecular weight excluding hydrogens is 277 g/mol. The van der Waals surface area contributed by atoms with E-state index in [2.05, 4.69) is 4.98 Å². The van der Waals surface area contributed by atoms with E-state index >= 15 is 0 Å². The molecule has 0 aliphatic rings. The van der Waals surface area contributed by atoms with E-state index in [9.17, 15) is 9.18 Å². The zero-order valence-corrected chi connectivity index (χ0v) is 11.2. The summed E-state index contributed by atoms with van der Waals surface area (Å²) in [4.78, 5) is 16.1. The quantitative estimate of drug-likeness (QED) is 0.623. The highest BCUT2D eigenvalue weighted by atomic mass is 35.5. The van der Waals surface area contributed by atoms with Crippen molar-refractivity contribution in [2.45, 2.75) is 13.8 Å². The van der Waals surface area contributed by atoms with Crippen molar-refractivity contribution in [1.82, 2.24) is 4.98 Å². The summed E-state index contributed by atoms with van der Waals surface area (Å²) in [7, 11) is 0. The molecule has 0 aliphatic heterocycles. The lowest BCUT2D eigenvalue weighted by Crippen LogP contribution is -2.09. The summed E-state index contributed by atoms with van der Waals surface area (Å²) >= 11 is 6.75. The standard InChI is InChI=1S/C12H9ClFNO2S/c1-6-8(14)4-3-5-9(6)17-11(16)10-7(2)15-12(13)18-10/h3-5H,1-2H3. The van der Waals surface area contributed by atoms with Gasteiger partial charge in [-0.15, -0.1) is 0 Å². The fourth-order valence-corrected chi connectivity index (χ4v) is 2.42. The van der Waals surface area contributed by atoms with Gasteiger partial charge >= 0.3 is 5.97 Å². The first kappa shape index (κ1) is 13.0. The van der Waals surface area contributed by atoms with Gasteiger partial charge in [0.05, 0.1) is 5.69 Å². The number of esters is 1. The van der Waals surface area contributed by atoms with Crippen molar-refractivity contribution in [3.05, 3.63) is 44.6 Å². The summed E-state index contributed by atoms with van der Waals surface area (Å²) in [6.45, 7) is 3.21. The molecule has 0 bridgehead atoms. The van der Waals surface area contributed by atoms with E-state index in [4.69, 9.17) is 16.3 Å². The van der Waals surface area contributed by atoms with Crippen LogP contribution in [0.4, 0.5) is 4.39 Å². The number of hydrogen-bond donors (Lipinski definition) is 0. The van der Waals surface area contributed by atoms with E-state index in [0.29, 0.717) is 16.1 Å². The maximum atomic E-state index is 13.3. The minimum absolute atomic E-state index is 0.198. The van der Waals surface area contributed by atoms with Crippen molar-refractivity contribution >= 4 is 28.9 Å². The molecule has 1 aromatic carbocycles. The van der Waals surface area contributed by atoms with E-state index in [1.807, 2.05) is 0 Å². The molecule has 0 aliphatic carbocycles. The Morgan fingerprint density at radius 1 is 1.44 bits per heavy atom. The molecule has 2 aromatic rings. The monoisotopic (exact) mass is 285 g/mol. The largest absolute Gasteiger partial charge is 0.422 e. The Morgan fingerprint density at radius 3 is 2.78 bits per heavy atom. The molecule has 0 saturated carbocycles. The van der Waals surface area contributed by atoms with Crippen LogP contribution in [0.5, 0.6) is 5.75 Å². The van der Waals surface area contributed by atoms with Crippen molar-refractivity contribution in [1.29, 1.82) is 0 Å². The molecule has 1 heterocycles. The minimum atomic E-state index is -0.578. The van der Waals surface area contributed by atoms with Crippen LogP contribution in [0.2, 0.25) is 4.47 Å². The van der Waals surface area contributed by atoms with Crippen LogP contribution in [0.15, 0.2) is 18.2 Å². The van der Waals surface area contributed by atoms with Crippen molar-refractivity contribution in [2.75, 3.05) is 0 Å². The van der Waals surface area contributed by atoms with E-state index < -0.39 is 11.8 Å². The molecule has 0 unspecified atom stereocenters. The second kappa shape index (κ2) is 5.04. The summed E-state index contributed by atoms with van der Waals surface area (Å²) < 4.78 is 18.7. The van der Waals surface area contributed by atoms with Gasteiger partial charge in [-0.05, 0) is 26.0 Å². The summed E-state index contributed by atoms with van der Waals surface area (Å²) in [5.41, 5.74) is 0.795. The third-order valence-electron chi connectivity index (χ3n) is 2.38. The maximum Gasteiger partial charge on any atom is 0.355 e. The molecule has 0 spiro atoms. The first-order chi connectivity index (χ1) is 8.49. The predicted octanol–water partition coefficient (Wildman–Crippen LogP) is 3.77. The average molecular weight is 286 g/mol. The highest BCUT2D eigenvalue weighted by Gasteiger charge is 2.18. The van der Waals surface area contributed by atoms with Crippen LogP contribution in [0, 0.1) is 19.7 Å². The van der Waals surface area contributed by atoms with Crippen LogP contribution in [0.3, 0.4) is 0 Å².